The van der Waals surface area contributed by atoms with Crippen LogP contribution in [0.2, 0.25) is 0 Å². The van der Waals surface area contributed by atoms with Crippen molar-refractivity contribution in [3.63, 3.8) is 0 Å². The molecule has 5 nitrogen and oxygen atoms in total. The van der Waals surface area contributed by atoms with Crippen LogP contribution < -0.4 is 14.8 Å². The highest BCUT2D eigenvalue weighted by Gasteiger charge is 2.27. The predicted molar refractivity (Wildman–Crippen MR) is 96.5 cm³/mol. The summed E-state index contributed by atoms with van der Waals surface area (Å²) in [7, 11) is 3.28. The number of methoxy groups -OCH3 is 2. The van der Waals surface area contributed by atoms with Gasteiger partial charge in [0.15, 0.2) is 0 Å². The second-order valence-corrected chi connectivity index (χ2v) is 6.30. The molecule has 0 spiro atoms. The van der Waals surface area contributed by atoms with Gasteiger partial charge in [0.2, 0.25) is 0 Å². The molecule has 1 heterocycles. The number of hydrogen-bond donors (Lipinski definition) is 2. The molecule has 1 aliphatic carbocycles. The van der Waals surface area contributed by atoms with E-state index < -0.39 is 0 Å². The Hall–Kier alpha value is -2.95. The Kier molecular flexibility index (Phi) is 3.84. The van der Waals surface area contributed by atoms with Crippen LogP contribution in [0, 0.1) is 0 Å². The number of amides is 1. The standard InChI is InChI=1S/C20H20N2O3/c1-24-14-5-3-12(4-6-14)20(23)21-13-9-16-17-11-15(25-2)7-8-18(17)22-19(16)10-13/h3-8,11,13,22H,9-10H2,1-2H3,(H,21,23). The molecular formula is C20H20N2O3. The van der Waals surface area contributed by atoms with Gasteiger partial charge in [-0.25, -0.2) is 0 Å². The van der Waals surface area contributed by atoms with E-state index in [-0.39, 0.29) is 11.9 Å². The molecule has 1 unspecified atom stereocenters. The van der Waals surface area contributed by atoms with Crippen molar-refractivity contribution in [1.82, 2.24) is 10.3 Å². The smallest absolute Gasteiger partial charge is 0.251 e. The maximum Gasteiger partial charge on any atom is 0.251 e. The van der Waals surface area contributed by atoms with E-state index in [1.807, 2.05) is 12.1 Å². The second kappa shape index (κ2) is 6.16. The van der Waals surface area contributed by atoms with Crippen molar-refractivity contribution >= 4 is 16.8 Å². The minimum absolute atomic E-state index is 0.0558. The Bertz CT molecular complexity index is 928. The van der Waals surface area contributed by atoms with Crippen LogP contribution in [0.15, 0.2) is 42.5 Å². The van der Waals surface area contributed by atoms with Gasteiger partial charge in [0.05, 0.1) is 14.2 Å². The number of carbonyl (C=O) groups is 1. The topological polar surface area (TPSA) is 63.3 Å². The number of benzene rings is 2. The summed E-state index contributed by atoms with van der Waals surface area (Å²) < 4.78 is 10.5. The van der Waals surface area contributed by atoms with E-state index in [0.29, 0.717) is 5.56 Å². The zero-order chi connectivity index (χ0) is 17.4. The van der Waals surface area contributed by atoms with E-state index in [9.17, 15) is 4.79 Å². The Morgan fingerprint density at radius 2 is 1.76 bits per heavy atom. The number of carbonyl (C=O) groups excluding carboxylic acids is 1. The monoisotopic (exact) mass is 336 g/mol. The van der Waals surface area contributed by atoms with E-state index in [0.717, 1.165) is 29.9 Å². The quantitative estimate of drug-likeness (QED) is 0.769. The number of fused-ring (bicyclic) bond motifs is 3. The van der Waals surface area contributed by atoms with Crippen molar-refractivity contribution < 1.29 is 14.3 Å². The first-order chi connectivity index (χ1) is 12.2. The molecule has 0 aliphatic heterocycles. The molecule has 1 amide bonds. The van der Waals surface area contributed by atoms with Crippen molar-refractivity contribution in [2.45, 2.75) is 18.9 Å². The zero-order valence-electron chi connectivity index (χ0n) is 14.3. The lowest BCUT2D eigenvalue weighted by Crippen LogP contribution is -2.35. The average molecular weight is 336 g/mol. The van der Waals surface area contributed by atoms with Gasteiger partial charge in [-0.2, -0.15) is 0 Å². The van der Waals surface area contributed by atoms with Crippen LogP contribution in [0.3, 0.4) is 0 Å². The van der Waals surface area contributed by atoms with Gasteiger partial charge in [-0.15, -0.1) is 0 Å². The first-order valence-corrected chi connectivity index (χ1v) is 8.30. The molecule has 0 radical (unpaired) electrons. The molecule has 4 rings (SSSR count). The minimum Gasteiger partial charge on any atom is -0.497 e. The molecule has 0 bridgehead atoms. The Morgan fingerprint density at radius 3 is 2.48 bits per heavy atom. The highest BCUT2D eigenvalue weighted by molar-refractivity contribution is 5.95. The summed E-state index contributed by atoms with van der Waals surface area (Å²) in [4.78, 5) is 15.9. The number of aromatic nitrogens is 1. The lowest BCUT2D eigenvalue weighted by Gasteiger charge is -2.13. The van der Waals surface area contributed by atoms with Crippen molar-refractivity contribution in [2.24, 2.45) is 0 Å². The van der Waals surface area contributed by atoms with Gasteiger partial charge in [0.1, 0.15) is 11.5 Å². The van der Waals surface area contributed by atoms with E-state index in [4.69, 9.17) is 9.47 Å². The van der Waals surface area contributed by atoms with Crippen molar-refractivity contribution in [2.75, 3.05) is 14.2 Å². The summed E-state index contributed by atoms with van der Waals surface area (Å²) in [5.41, 5.74) is 4.23. The number of hydrogen-bond acceptors (Lipinski definition) is 3. The van der Waals surface area contributed by atoms with Gasteiger partial charge in [-0.1, -0.05) is 0 Å². The lowest BCUT2D eigenvalue weighted by molar-refractivity contribution is 0.0938. The van der Waals surface area contributed by atoms with Crippen LogP contribution >= 0.6 is 0 Å². The molecule has 0 fully saturated rings. The van der Waals surface area contributed by atoms with Crippen molar-refractivity contribution in [3.05, 3.63) is 59.3 Å². The highest BCUT2D eigenvalue weighted by atomic mass is 16.5. The summed E-state index contributed by atoms with van der Waals surface area (Å²) in [6.45, 7) is 0. The minimum atomic E-state index is -0.0558. The molecule has 128 valence electrons. The van der Waals surface area contributed by atoms with Crippen LogP contribution in [0.4, 0.5) is 0 Å². The number of ether oxygens (including phenoxy) is 2. The maximum atomic E-state index is 12.5. The summed E-state index contributed by atoms with van der Waals surface area (Å²) in [5, 5.41) is 4.30. The van der Waals surface area contributed by atoms with Crippen molar-refractivity contribution in [1.29, 1.82) is 0 Å². The van der Waals surface area contributed by atoms with Gasteiger partial charge in [-0.3, -0.25) is 4.79 Å². The third kappa shape index (κ3) is 2.82. The average Bonchev–Trinajstić information content (AvgIpc) is 3.18. The fourth-order valence-corrected chi connectivity index (χ4v) is 3.50. The fourth-order valence-electron chi connectivity index (χ4n) is 3.50. The molecular weight excluding hydrogens is 316 g/mol. The van der Waals surface area contributed by atoms with Gasteiger partial charge in [-0.05, 0) is 54.4 Å². The summed E-state index contributed by atoms with van der Waals surface area (Å²) in [5.74, 6) is 1.53. The third-order valence-electron chi connectivity index (χ3n) is 4.79. The maximum absolute atomic E-state index is 12.5. The number of H-pyrrole nitrogens is 1. The zero-order valence-corrected chi connectivity index (χ0v) is 14.3. The fraction of sp³-hybridized carbons (Fsp3) is 0.250. The summed E-state index contributed by atoms with van der Waals surface area (Å²) >= 11 is 0. The normalized spacial score (nSPS) is 15.8. The Morgan fingerprint density at radius 1 is 1.04 bits per heavy atom. The molecule has 1 aromatic heterocycles. The number of aromatic amines is 1. The molecule has 1 atom stereocenters. The molecule has 2 aromatic carbocycles. The molecule has 2 N–H and O–H groups in total. The third-order valence-corrected chi connectivity index (χ3v) is 4.79. The van der Waals surface area contributed by atoms with Crippen LogP contribution in [0.25, 0.3) is 10.9 Å². The molecule has 0 saturated heterocycles. The SMILES string of the molecule is COc1ccc(C(=O)NC2Cc3[nH]c4ccc(OC)cc4c3C2)cc1. The number of rotatable bonds is 4. The first kappa shape index (κ1) is 15.6. The summed E-state index contributed by atoms with van der Waals surface area (Å²) in [6.07, 6.45) is 1.64. The van der Waals surface area contributed by atoms with E-state index >= 15 is 0 Å². The summed E-state index contributed by atoms with van der Waals surface area (Å²) in [6, 6.07) is 13.3. The molecule has 25 heavy (non-hydrogen) atoms. The van der Waals surface area contributed by atoms with Gasteiger partial charge >= 0.3 is 0 Å². The predicted octanol–water partition coefficient (Wildman–Crippen LogP) is 3.08. The van der Waals surface area contributed by atoms with E-state index in [1.165, 1.54) is 16.6 Å². The number of nitrogens with one attached hydrogen (secondary N) is 2. The molecule has 1 aliphatic rings. The van der Waals surface area contributed by atoms with Crippen LogP contribution in [0.5, 0.6) is 11.5 Å². The lowest BCUT2D eigenvalue weighted by atomic mass is 10.1. The molecule has 5 heteroatoms. The first-order valence-electron chi connectivity index (χ1n) is 8.30. The van der Waals surface area contributed by atoms with Crippen molar-refractivity contribution in [3.8, 4) is 11.5 Å². The Labute approximate surface area is 146 Å². The van der Waals surface area contributed by atoms with E-state index in [2.05, 4.69) is 16.4 Å². The van der Waals surface area contributed by atoms with Gasteiger partial charge in [0, 0.05) is 34.6 Å². The van der Waals surface area contributed by atoms with E-state index in [1.54, 1.807) is 38.5 Å². The van der Waals surface area contributed by atoms with Crippen LogP contribution in [0.1, 0.15) is 21.6 Å². The van der Waals surface area contributed by atoms with Crippen LogP contribution in [-0.4, -0.2) is 31.2 Å². The Balaban J connectivity index is 1.50. The highest BCUT2D eigenvalue weighted by Crippen LogP contribution is 2.32. The van der Waals surface area contributed by atoms with Gasteiger partial charge < -0.3 is 19.8 Å². The molecule has 0 saturated carbocycles. The van der Waals surface area contributed by atoms with Gasteiger partial charge in [0.25, 0.3) is 5.91 Å². The molecule has 3 aromatic rings. The largest absolute Gasteiger partial charge is 0.497 e. The second-order valence-electron chi connectivity index (χ2n) is 6.30. The van der Waals surface area contributed by atoms with Crippen LogP contribution in [-0.2, 0) is 12.8 Å².